The standard InChI is InChI=1S/C24H23N5O3S/c1-31-21-13-15(5-6-19(21)25)17-12-20-22(26-14-17)23(33-28-20)16-3-2-4-18(11-16)27-24(30)29-7-9-32-10-8-29/h2-6,11-14H,7-10,25H2,1H3,(H,27,30). The zero-order valence-corrected chi connectivity index (χ0v) is 18.9. The number of carbonyl (C=O) groups excluding carboxylic acids is 1. The number of ether oxygens (including phenoxy) is 2. The lowest BCUT2D eigenvalue weighted by molar-refractivity contribution is 0.0564. The summed E-state index contributed by atoms with van der Waals surface area (Å²) in [7, 11) is 1.60. The second-order valence-electron chi connectivity index (χ2n) is 7.67. The van der Waals surface area contributed by atoms with Gasteiger partial charge < -0.3 is 25.4 Å². The molecule has 2 amide bonds. The molecular formula is C24H23N5O3S. The van der Waals surface area contributed by atoms with Crippen molar-refractivity contribution in [3.8, 4) is 27.3 Å². The van der Waals surface area contributed by atoms with Gasteiger partial charge in [0.15, 0.2) is 0 Å². The number of nitrogens with one attached hydrogen (secondary N) is 1. The van der Waals surface area contributed by atoms with Crippen LogP contribution in [0.3, 0.4) is 0 Å². The third-order valence-electron chi connectivity index (χ3n) is 5.56. The van der Waals surface area contributed by atoms with E-state index in [-0.39, 0.29) is 6.03 Å². The van der Waals surface area contributed by atoms with Gasteiger partial charge in [-0.3, -0.25) is 4.98 Å². The summed E-state index contributed by atoms with van der Waals surface area (Å²) in [6, 6.07) is 15.3. The molecule has 0 radical (unpaired) electrons. The Hall–Kier alpha value is -3.69. The second kappa shape index (κ2) is 9.05. The first-order valence-electron chi connectivity index (χ1n) is 10.6. The van der Waals surface area contributed by atoms with Crippen molar-refractivity contribution < 1.29 is 14.3 Å². The van der Waals surface area contributed by atoms with Crippen molar-refractivity contribution in [1.29, 1.82) is 0 Å². The number of urea groups is 1. The maximum atomic E-state index is 12.5. The van der Waals surface area contributed by atoms with E-state index in [0.717, 1.165) is 38.3 Å². The van der Waals surface area contributed by atoms with Crippen LogP contribution in [0.5, 0.6) is 5.75 Å². The molecule has 0 saturated carbocycles. The number of nitrogens with zero attached hydrogens (tertiary/aromatic N) is 3. The molecule has 3 N–H and O–H groups in total. The van der Waals surface area contributed by atoms with Crippen molar-refractivity contribution in [2.45, 2.75) is 0 Å². The number of anilines is 2. The van der Waals surface area contributed by atoms with E-state index in [2.05, 4.69) is 9.69 Å². The lowest BCUT2D eigenvalue weighted by Gasteiger charge is -2.27. The number of carbonyl (C=O) groups is 1. The average Bonchev–Trinajstić information content (AvgIpc) is 3.28. The molecule has 0 unspecified atom stereocenters. The fourth-order valence-electron chi connectivity index (χ4n) is 3.78. The maximum absolute atomic E-state index is 12.5. The van der Waals surface area contributed by atoms with Gasteiger partial charge in [-0.15, -0.1) is 0 Å². The van der Waals surface area contributed by atoms with Crippen molar-refractivity contribution in [2.24, 2.45) is 0 Å². The smallest absolute Gasteiger partial charge is 0.321 e. The molecule has 33 heavy (non-hydrogen) atoms. The van der Waals surface area contributed by atoms with Crippen LogP contribution >= 0.6 is 11.5 Å². The Kier molecular flexibility index (Phi) is 5.80. The van der Waals surface area contributed by atoms with Crippen LogP contribution in [-0.2, 0) is 4.74 Å². The summed E-state index contributed by atoms with van der Waals surface area (Å²) in [5, 5.41) is 2.98. The van der Waals surface area contributed by atoms with Crippen molar-refractivity contribution >= 4 is 40.0 Å². The minimum absolute atomic E-state index is 0.119. The summed E-state index contributed by atoms with van der Waals surface area (Å²) in [5.74, 6) is 0.627. The van der Waals surface area contributed by atoms with Crippen LogP contribution in [0.1, 0.15) is 0 Å². The molecule has 2 aromatic carbocycles. The highest BCUT2D eigenvalue weighted by atomic mass is 32.1. The van der Waals surface area contributed by atoms with E-state index in [1.165, 1.54) is 11.5 Å². The van der Waals surface area contributed by atoms with E-state index >= 15 is 0 Å². The van der Waals surface area contributed by atoms with Crippen LogP contribution in [0.4, 0.5) is 16.2 Å². The maximum Gasteiger partial charge on any atom is 0.321 e. The number of nitrogen functional groups attached to an aromatic ring is 1. The Morgan fingerprint density at radius 3 is 2.79 bits per heavy atom. The minimum Gasteiger partial charge on any atom is -0.495 e. The summed E-state index contributed by atoms with van der Waals surface area (Å²) < 4.78 is 15.3. The van der Waals surface area contributed by atoms with Gasteiger partial charge >= 0.3 is 6.03 Å². The highest BCUT2D eigenvalue weighted by molar-refractivity contribution is 7.11. The number of methoxy groups -OCH3 is 1. The summed E-state index contributed by atoms with van der Waals surface area (Å²) in [6.45, 7) is 2.32. The molecule has 9 heteroatoms. The first-order chi connectivity index (χ1) is 16.1. The zero-order chi connectivity index (χ0) is 22.8. The normalized spacial score (nSPS) is 13.8. The average molecular weight is 462 g/mol. The quantitative estimate of drug-likeness (QED) is 0.435. The van der Waals surface area contributed by atoms with E-state index in [9.17, 15) is 4.79 Å². The minimum atomic E-state index is -0.119. The molecule has 0 atom stereocenters. The highest BCUT2D eigenvalue weighted by Crippen LogP contribution is 2.35. The molecule has 0 aliphatic carbocycles. The third kappa shape index (κ3) is 4.33. The first kappa shape index (κ1) is 21.2. The summed E-state index contributed by atoms with van der Waals surface area (Å²) in [4.78, 5) is 19.9. The zero-order valence-electron chi connectivity index (χ0n) is 18.1. The van der Waals surface area contributed by atoms with Gasteiger partial charge in [-0.25, -0.2) is 4.79 Å². The van der Waals surface area contributed by atoms with Gasteiger partial charge in [-0.2, -0.15) is 4.37 Å². The summed E-state index contributed by atoms with van der Waals surface area (Å²) in [6.07, 6.45) is 1.83. The number of pyridine rings is 1. The predicted molar refractivity (Wildman–Crippen MR) is 131 cm³/mol. The molecule has 1 aliphatic heterocycles. The van der Waals surface area contributed by atoms with Gasteiger partial charge in [0.2, 0.25) is 0 Å². The van der Waals surface area contributed by atoms with Crippen molar-refractivity contribution in [3.63, 3.8) is 0 Å². The fourth-order valence-corrected chi connectivity index (χ4v) is 4.59. The number of aromatic nitrogens is 2. The molecule has 168 valence electrons. The molecule has 1 saturated heterocycles. The summed E-state index contributed by atoms with van der Waals surface area (Å²) >= 11 is 1.39. The number of fused-ring (bicyclic) bond motifs is 1. The van der Waals surface area contributed by atoms with Crippen molar-refractivity contribution in [2.75, 3.05) is 44.5 Å². The molecule has 5 rings (SSSR count). The van der Waals surface area contributed by atoms with Gasteiger partial charge in [0.05, 0.1) is 30.9 Å². The van der Waals surface area contributed by atoms with Gasteiger partial charge in [0.25, 0.3) is 0 Å². The molecular weight excluding hydrogens is 438 g/mol. The molecule has 8 nitrogen and oxygen atoms in total. The van der Waals surface area contributed by atoms with Gasteiger partial charge in [-0.1, -0.05) is 18.2 Å². The number of hydrogen-bond donors (Lipinski definition) is 2. The van der Waals surface area contributed by atoms with Crippen LogP contribution in [0, 0.1) is 0 Å². The van der Waals surface area contributed by atoms with E-state index in [1.54, 1.807) is 12.0 Å². The predicted octanol–water partition coefficient (Wildman–Crippen LogP) is 4.48. The van der Waals surface area contributed by atoms with E-state index in [4.69, 9.17) is 20.2 Å². The Morgan fingerprint density at radius 2 is 1.97 bits per heavy atom. The largest absolute Gasteiger partial charge is 0.495 e. The fraction of sp³-hybridized carbons (Fsp3) is 0.208. The first-order valence-corrected chi connectivity index (χ1v) is 11.3. The van der Waals surface area contributed by atoms with Crippen LogP contribution in [-0.4, -0.2) is 53.7 Å². The lowest BCUT2D eigenvalue weighted by Crippen LogP contribution is -2.43. The second-order valence-corrected chi connectivity index (χ2v) is 8.44. The van der Waals surface area contributed by atoms with E-state index < -0.39 is 0 Å². The van der Waals surface area contributed by atoms with Crippen LogP contribution in [0.2, 0.25) is 0 Å². The van der Waals surface area contributed by atoms with Gasteiger partial charge in [0, 0.05) is 30.5 Å². The number of morpholine rings is 1. The topological polar surface area (TPSA) is 103 Å². The molecule has 1 fully saturated rings. The van der Waals surface area contributed by atoms with Gasteiger partial charge in [0.1, 0.15) is 16.8 Å². The number of hydrogen-bond acceptors (Lipinski definition) is 7. The Balaban J connectivity index is 1.41. The number of nitrogens with two attached hydrogens (primary N) is 1. The van der Waals surface area contributed by atoms with E-state index in [1.807, 2.05) is 54.7 Å². The number of rotatable bonds is 4. The lowest BCUT2D eigenvalue weighted by atomic mass is 10.1. The number of benzene rings is 2. The molecule has 0 spiro atoms. The summed E-state index contributed by atoms with van der Waals surface area (Å²) in [5.41, 5.74) is 11.7. The SMILES string of the molecule is COc1cc(-c2cnc3c(-c4cccc(NC(=O)N5CCOCC5)c4)snc3c2)ccc1N. The van der Waals surface area contributed by atoms with Crippen LogP contribution < -0.4 is 15.8 Å². The Morgan fingerprint density at radius 1 is 1.12 bits per heavy atom. The monoisotopic (exact) mass is 461 g/mol. The highest BCUT2D eigenvalue weighted by Gasteiger charge is 2.17. The van der Waals surface area contributed by atoms with Crippen LogP contribution in [0.15, 0.2) is 54.7 Å². The molecule has 1 aliphatic rings. The van der Waals surface area contributed by atoms with Crippen LogP contribution in [0.25, 0.3) is 32.6 Å². The Labute approximate surface area is 195 Å². The van der Waals surface area contributed by atoms with E-state index in [0.29, 0.717) is 37.7 Å². The number of amides is 2. The van der Waals surface area contributed by atoms with Crippen molar-refractivity contribution in [1.82, 2.24) is 14.3 Å². The molecule has 2 aromatic heterocycles. The van der Waals surface area contributed by atoms with Gasteiger partial charge in [-0.05, 0) is 53.0 Å². The Bertz CT molecular complexity index is 1320. The third-order valence-corrected chi connectivity index (χ3v) is 6.46. The van der Waals surface area contributed by atoms with Crippen molar-refractivity contribution in [3.05, 3.63) is 54.7 Å². The molecule has 4 aromatic rings. The molecule has 3 heterocycles. The molecule has 0 bridgehead atoms.